The van der Waals surface area contributed by atoms with Gasteiger partial charge in [-0.1, -0.05) is 18.2 Å². The topological polar surface area (TPSA) is 68.3 Å². The smallest absolute Gasteiger partial charge is 0.408 e. The van der Waals surface area contributed by atoms with Crippen LogP contribution in [0.3, 0.4) is 0 Å². The first-order chi connectivity index (χ1) is 12.7. The minimum Gasteiger partial charge on any atom is -0.408 e. The molecule has 1 saturated heterocycles. The summed E-state index contributed by atoms with van der Waals surface area (Å²) in [5.74, 6) is -0.0901. The van der Waals surface area contributed by atoms with Gasteiger partial charge >= 0.3 is 5.76 Å². The predicted molar refractivity (Wildman–Crippen MR) is 97.7 cm³/mol. The summed E-state index contributed by atoms with van der Waals surface area (Å²) in [6, 6.07) is 11.2. The molecule has 0 N–H and O–H groups in total. The number of pyridine rings is 1. The molecule has 1 unspecified atom stereocenters. The summed E-state index contributed by atoms with van der Waals surface area (Å²) < 4.78 is 6.64. The average molecular weight is 351 g/mol. The fraction of sp³-hybridized carbons (Fsp3) is 0.350. The Kier molecular flexibility index (Phi) is 4.56. The molecule has 26 heavy (non-hydrogen) atoms. The van der Waals surface area contributed by atoms with Gasteiger partial charge in [-0.05, 0) is 48.9 Å². The highest BCUT2D eigenvalue weighted by molar-refractivity contribution is 5.79. The molecule has 6 heteroatoms. The summed E-state index contributed by atoms with van der Waals surface area (Å²) in [6.07, 6.45) is 6.67. The SMILES string of the molecule is O=C(Cn1c(=O)oc2ccccc21)N1CCCC(Cc2cccnc2)C1. The Morgan fingerprint density at radius 2 is 2.12 bits per heavy atom. The van der Waals surface area contributed by atoms with E-state index in [2.05, 4.69) is 11.1 Å². The highest BCUT2D eigenvalue weighted by Gasteiger charge is 2.25. The van der Waals surface area contributed by atoms with Crippen LogP contribution >= 0.6 is 0 Å². The lowest BCUT2D eigenvalue weighted by Crippen LogP contribution is -2.42. The van der Waals surface area contributed by atoms with Crippen molar-refractivity contribution >= 4 is 17.0 Å². The fourth-order valence-electron chi connectivity index (χ4n) is 3.71. The van der Waals surface area contributed by atoms with Gasteiger partial charge in [-0.2, -0.15) is 0 Å². The summed E-state index contributed by atoms with van der Waals surface area (Å²) in [5, 5.41) is 0. The van der Waals surface area contributed by atoms with Gasteiger partial charge in [0.05, 0.1) is 5.52 Å². The molecule has 3 aromatic rings. The number of nitrogens with zero attached hydrogens (tertiary/aromatic N) is 3. The first-order valence-electron chi connectivity index (χ1n) is 8.96. The van der Waals surface area contributed by atoms with Crippen LogP contribution in [-0.2, 0) is 17.8 Å². The van der Waals surface area contributed by atoms with Gasteiger partial charge < -0.3 is 9.32 Å². The van der Waals surface area contributed by atoms with Crippen LogP contribution in [0.2, 0.25) is 0 Å². The molecule has 1 aliphatic rings. The standard InChI is InChI=1S/C20H21N3O3/c24-19(14-23-17-7-1-2-8-18(17)26-20(23)25)22-10-4-6-16(13-22)11-15-5-3-9-21-12-15/h1-3,5,7-9,12,16H,4,6,10-11,13-14H2. The van der Waals surface area contributed by atoms with Crippen molar-refractivity contribution in [1.82, 2.24) is 14.5 Å². The number of carbonyl (C=O) groups excluding carboxylic acids is 1. The van der Waals surface area contributed by atoms with E-state index >= 15 is 0 Å². The van der Waals surface area contributed by atoms with Gasteiger partial charge in [0.25, 0.3) is 0 Å². The van der Waals surface area contributed by atoms with E-state index in [4.69, 9.17) is 4.42 Å². The van der Waals surface area contributed by atoms with Crippen molar-refractivity contribution in [3.63, 3.8) is 0 Å². The zero-order valence-electron chi connectivity index (χ0n) is 14.5. The molecule has 1 fully saturated rings. The Morgan fingerprint density at radius 3 is 2.96 bits per heavy atom. The summed E-state index contributed by atoms with van der Waals surface area (Å²) in [7, 11) is 0. The number of para-hydroxylation sites is 2. The zero-order chi connectivity index (χ0) is 17.9. The van der Waals surface area contributed by atoms with Gasteiger partial charge in [0.1, 0.15) is 6.54 Å². The molecule has 1 aliphatic heterocycles. The van der Waals surface area contributed by atoms with Gasteiger partial charge in [0.2, 0.25) is 5.91 Å². The van der Waals surface area contributed by atoms with Crippen LogP contribution in [0.1, 0.15) is 18.4 Å². The molecule has 1 aromatic carbocycles. The number of carbonyl (C=O) groups is 1. The van der Waals surface area contributed by atoms with Crippen molar-refractivity contribution in [3.8, 4) is 0 Å². The molecule has 0 bridgehead atoms. The monoisotopic (exact) mass is 351 g/mol. The van der Waals surface area contributed by atoms with E-state index in [1.165, 1.54) is 10.1 Å². The van der Waals surface area contributed by atoms with Crippen LogP contribution in [0.15, 0.2) is 58.0 Å². The number of hydrogen-bond donors (Lipinski definition) is 0. The Bertz CT molecular complexity index is 961. The van der Waals surface area contributed by atoms with E-state index in [9.17, 15) is 9.59 Å². The van der Waals surface area contributed by atoms with Crippen molar-refractivity contribution in [2.24, 2.45) is 5.92 Å². The Morgan fingerprint density at radius 1 is 1.23 bits per heavy atom. The number of fused-ring (bicyclic) bond motifs is 1. The van der Waals surface area contributed by atoms with Crippen molar-refractivity contribution in [3.05, 3.63) is 64.9 Å². The van der Waals surface area contributed by atoms with E-state index in [-0.39, 0.29) is 12.5 Å². The third-order valence-corrected chi connectivity index (χ3v) is 4.99. The van der Waals surface area contributed by atoms with Gasteiger partial charge in [-0.3, -0.25) is 14.3 Å². The summed E-state index contributed by atoms with van der Waals surface area (Å²) in [4.78, 5) is 30.9. The number of amides is 1. The quantitative estimate of drug-likeness (QED) is 0.724. The molecule has 4 rings (SSSR count). The van der Waals surface area contributed by atoms with Crippen LogP contribution in [0.4, 0.5) is 0 Å². The molecule has 2 aromatic heterocycles. The van der Waals surface area contributed by atoms with Crippen LogP contribution in [0, 0.1) is 5.92 Å². The second-order valence-corrected chi connectivity index (χ2v) is 6.84. The number of benzene rings is 1. The third-order valence-electron chi connectivity index (χ3n) is 4.99. The highest BCUT2D eigenvalue weighted by atomic mass is 16.4. The summed E-state index contributed by atoms with van der Waals surface area (Å²) in [6.45, 7) is 1.49. The minimum absolute atomic E-state index is 0.0233. The molecule has 0 aliphatic carbocycles. The molecule has 1 amide bonds. The van der Waals surface area contributed by atoms with E-state index in [0.29, 0.717) is 17.0 Å². The van der Waals surface area contributed by atoms with Crippen molar-refractivity contribution in [2.75, 3.05) is 13.1 Å². The van der Waals surface area contributed by atoms with Crippen LogP contribution in [-0.4, -0.2) is 33.4 Å². The molecule has 0 radical (unpaired) electrons. The van der Waals surface area contributed by atoms with Crippen LogP contribution in [0.5, 0.6) is 0 Å². The molecule has 0 saturated carbocycles. The lowest BCUT2D eigenvalue weighted by molar-refractivity contribution is -0.133. The number of aromatic nitrogens is 2. The van der Waals surface area contributed by atoms with E-state index in [1.807, 2.05) is 29.3 Å². The Hall–Kier alpha value is -2.89. The highest BCUT2D eigenvalue weighted by Crippen LogP contribution is 2.21. The average Bonchev–Trinajstić information content (AvgIpc) is 2.98. The van der Waals surface area contributed by atoms with Gasteiger partial charge in [0, 0.05) is 25.5 Å². The number of likely N-dealkylation sites (tertiary alicyclic amines) is 1. The fourth-order valence-corrected chi connectivity index (χ4v) is 3.71. The van der Waals surface area contributed by atoms with E-state index < -0.39 is 5.76 Å². The summed E-state index contributed by atoms with van der Waals surface area (Å²) >= 11 is 0. The van der Waals surface area contributed by atoms with Gasteiger partial charge in [-0.25, -0.2) is 4.79 Å². The van der Waals surface area contributed by atoms with Gasteiger partial charge in [-0.15, -0.1) is 0 Å². The maximum Gasteiger partial charge on any atom is 0.420 e. The maximum atomic E-state index is 12.8. The first kappa shape index (κ1) is 16.6. The van der Waals surface area contributed by atoms with Crippen molar-refractivity contribution in [1.29, 1.82) is 0 Å². The van der Waals surface area contributed by atoms with E-state index in [0.717, 1.165) is 32.4 Å². The lowest BCUT2D eigenvalue weighted by atomic mass is 9.92. The number of rotatable bonds is 4. The minimum atomic E-state index is -0.483. The Labute approximate surface area is 151 Å². The molecular weight excluding hydrogens is 330 g/mol. The summed E-state index contributed by atoms with van der Waals surface area (Å²) in [5.41, 5.74) is 2.37. The molecule has 3 heterocycles. The second-order valence-electron chi connectivity index (χ2n) is 6.84. The largest absolute Gasteiger partial charge is 0.420 e. The number of hydrogen-bond acceptors (Lipinski definition) is 4. The third kappa shape index (κ3) is 3.40. The van der Waals surface area contributed by atoms with Crippen molar-refractivity contribution < 1.29 is 9.21 Å². The van der Waals surface area contributed by atoms with Crippen LogP contribution < -0.4 is 5.76 Å². The molecule has 134 valence electrons. The zero-order valence-corrected chi connectivity index (χ0v) is 14.5. The van der Waals surface area contributed by atoms with Gasteiger partial charge in [0.15, 0.2) is 5.58 Å². The lowest BCUT2D eigenvalue weighted by Gasteiger charge is -2.33. The number of oxazole rings is 1. The van der Waals surface area contributed by atoms with Crippen LogP contribution in [0.25, 0.3) is 11.1 Å². The molecule has 1 atom stereocenters. The molecular formula is C20H21N3O3. The number of piperidine rings is 1. The van der Waals surface area contributed by atoms with E-state index in [1.54, 1.807) is 18.3 Å². The normalized spacial score (nSPS) is 17.5. The Balaban J connectivity index is 1.46. The first-order valence-corrected chi connectivity index (χ1v) is 8.96. The molecule has 0 spiro atoms. The molecule has 6 nitrogen and oxygen atoms in total. The maximum absolute atomic E-state index is 12.8. The predicted octanol–water partition coefficient (Wildman–Crippen LogP) is 2.47. The second kappa shape index (κ2) is 7.15. The van der Waals surface area contributed by atoms with Crippen molar-refractivity contribution in [2.45, 2.75) is 25.8 Å².